The molecular formula is C8H11NOS. The molecule has 0 bridgehead atoms. The van der Waals surface area contributed by atoms with Crippen LogP contribution in [0.15, 0.2) is 5.38 Å². The number of carbonyl (C=O) groups excluding carboxylic acids is 1. The molecule has 60 valence electrons. The molecule has 0 fully saturated rings. The van der Waals surface area contributed by atoms with Gasteiger partial charge in [0.15, 0.2) is 10.8 Å². The fourth-order valence-corrected chi connectivity index (χ4v) is 1.58. The van der Waals surface area contributed by atoms with Crippen molar-refractivity contribution in [3.63, 3.8) is 0 Å². The summed E-state index contributed by atoms with van der Waals surface area (Å²) in [4.78, 5) is 15.3. The van der Waals surface area contributed by atoms with Crippen molar-refractivity contribution in [2.45, 2.75) is 26.7 Å². The molecular weight excluding hydrogens is 158 g/mol. The Labute approximate surface area is 70.3 Å². The second-order valence-corrected chi connectivity index (χ2v) is 3.33. The normalized spacial score (nSPS) is 10.0. The fraction of sp³-hybridized carbons (Fsp3) is 0.500. The number of aryl methyl sites for hydroxylation is 1. The highest BCUT2D eigenvalue weighted by Gasteiger charge is 2.07. The summed E-state index contributed by atoms with van der Waals surface area (Å²) in [5, 5.41) is 2.56. The van der Waals surface area contributed by atoms with Crippen molar-refractivity contribution in [3.05, 3.63) is 16.1 Å². The Hall–Kier alpha value is -0.700. The van der Waals surface area contributed by atoms with Gasteiger partial charge < -0.3 is 0 Å². The molecule has 0 N–H and O–H groups in total. The summed E-state index contributed by atoms with van der Waals surface area (Å²) in [7, 11) is 0. The van der Waals surface area contributed by atoms with Crippen molar-refractivity contribution in [1.82, 2.24) is 4.98 Å². The molecule has 2 nitrogen and oxygen atoms in total. The first-order valence-corrected chi connectivity index (χ1v) is 4.57. The third-order valence-corrected chi connectivity index (χ3v) is 2.34. The molecule has 0 aliphatic heterocycles. The predicted molar refractivity (Wildman–Crippen MR) is 46.1 cm³/mol. The molecule has 0 saturated carbocycles. The van der Waals surface area contributed by atoms with Crippen molar-refractivity contribution in [2.24, 2.45) is 0 Å². The maximum atomic E-state index is 11.2. The highest BCUT2D eigenvalue weighted by molar-refractivity contribution is 7.11. The summed E-state index contributed by atoms with van der Waals surface area (Å²) >= 11 is 1.44. The van der Waals surface area contributed by atoms with E-state index < -0.39 is 0 Å². The average Bonchev–Trinajstić information content (AvgIpc) is 2.36. The van der Waals surface area contributed by atoms with Crippen LogP contribution in [0.25, 0.3) is 0 Å². The van der Waals surface area contributed by atoms with Crippen molar-refractivity contribution in [2.75, 3.05) is 0 Å². The molecule has 11 heavy (non-hydrogen) atoms. The van der Waals surface area contributed by atoms with E-state index in [0.717, 1.165) is 12.1 Å². The molecule has 1 heterocycles. The van der Waals surface area contributed by atoms with Gasteiger partial charge in [0.05, 0.1) is 0 Å². The van der Waals surface area contributed by atoms with Gasteiger partial charge >= 0.3 is 0 Å². The van der Waals surface area contributed by atoms with Gasteiger partial charge in [0, 0.05) is 17.5 Å². The molecule has 0 atom stereocenters. The molecule has 1 rings (SSSR count). The Morgan fingerprint density at radius 1 is 1.73 bits per heavy atom. The largest absolute Gasteiger partial charge is 0.292 e. The maximum absolute atomic E-state index is 11.2. The highest BCUT2D eigenvalue weighted by Crippen LogP contribution is 2.11. The zero-order valence-electron chi connectivity index (χ0n) is 6.76. The van der Waals surface area contributed by atoms with E-state index in [1.165, 1.54) is 11.3 Å². The second-order valence-electron chi connectivity index (χ2n) is 2.47. The first-order valence-electron chi connectivity index (χ1n) is 3.69. The van der Waals surface area contributed by atoms with Gasteiger partial charge in [-0.05, 0) is 13.3 Å². The summed E-state index contributed by atoms with van der Waals surface area (Å²) in [6, 6.07) is 0. The number of aromatic nitrogens is 1. The third kappa shape index (κ3) is 2.12. The van der Waals surface area contributed by atoms with Gasteiger partial charge in [-0.25, -0.2) is 4.98 Å². The minimum absolute atomic E-state index is 0.172. The van der Waals surface area contributed by atoms with Crippen LogP contribution in [0, 0.1) is 6.92 Å². The lowest BCUT2D eigenvalue weighted by Gasteiger charge is -1.89. The summed E-state index contributed by atoms with van der Waals surface area (Å²) in [6.45, 7) is 3.90. The standard InChI is InChI=1S/C8H11NOS/c1-3-4-7(10)8-9-6(2)5-11-8/h5H,3-4H2,1-2H3. The molecule has 0 amide bonds. The van der Waals surface area contributed by atoms with Crippen LogP contribution in [0.1, 0.15) is 35.3 Å². The fourth-order valence-electron chi connectivity index (χ4n) is 0.816. The molecule has 0 spiro atoms. The summed E-state index contributed by atoms with van der Waals surface area (Å²) in [5.41, 5.74) is 0.939. The zero-order valence-corrected chi connectivity index (χ0v) is 7.57. The molecule has 0 unspecified atom stereocenters. The van der Waals surface area contributed by atoms with Gasteiger partial charge in [-0.3, -0.25) is 4.79 Å². The van der Waals surface area contributed by atoms with E-state index in [1.807, 2.05) is 19.2 Å². The third-order valence-electron chi connectivity index (χ3n) is 1.33. The van der Waals surface area contributed by atoms with Crippen molar-refractivity contribution < 1.29 is 4.79 Å². The van der Waals surface area contributed by atoms with E-state index in [0.29, 0.717) is 11.4 Å². The van der Waals surface area contributed by atoms with Gasteiger partial charge in [-0.1, -0.05) is 6.92 Å². The summed E-state index contributed by atoms with van der Waals surface area (Å²) in [5.74, 6) is 0.172. The number of rotatable bonds is 3. The maximum Gasteiger partial charge on any atom is 0.191 e. The first-order chi connectivity index (χ1) is 5.24. The summed E-state index contributed by atoms with van der Waals surface area (Å²) in [6.07, 6.45) is 1.52. The van der Waals surface area contributed by atoms with E-state index >= 15 is 0 Å². The van der Waals surface area contributed by atoms with Crippen LogP contribution in [-0.2, 0) is 0 Å². The lowest BCUT2D eigenvalue weighted by atomic mass is 10.2. The molecule has 1 aromatic heterocycles. The van der Waals surface area contributed by atoms with Crippen LogP contribution in [0.5, 0.6) is 0 Å². The predicted octanol–water partition coefficient (Wildman–Crippen LogP) is 2.43. The number of nitrogens with zero attached hydrogens (tertiary/aromatic N) is 1. The number of ketones is 1. The SMILES string of the molecule is CCCC(=O)c1nc(C)cs1. The Bertz CT molecular complexity index is 254. The van der Waals surface area contributed by atoms with Crippen LogP contribution in [0.4, 0.5) is 0 Å². The molecule has 0 saturated heterocycles. The topological polar surface area (TPSA) is 30.0 Å². The lowest BCUT2D eigenvalue weighted by molar-refractivity contribution is 0.0981. The first kappa shape index (κ1) is 8.40. The zero-order chi connectivity index (χ0) is 8.27. The number of Topliss-reactive ketones (excluding diaryl/α,β-unsaturated/α-hetero) is 1. The monoisotopic (exact) mass is 169 g/mol. The lowest BCUT2D eigenvalue weighted by Crippen LogP contribution is -1.96. The average molecular weight is 169 g/mol. The Morgan fingerprint density at radius 3 is 2.91 bits per heavy atom. The molecule has 0 aliphatic rings. The molecule has 0 radical (unpaired) electrons. The Balaban J connectivity index is 2.69. The van der Waals surface area contributed by atoms with Crippen molar-refractivity contribution >= 4 is 17.1 Å². The van der Waals surface area contributed by atoms with Gasteiger partial charge in [0.1, 0.15) is 0 Å². The Kier molecular flexibility index (Phi) is 2.76. The van der Waals surface area contributed by atoms with Crippen LogP contribution < -0.4 is 0 Å². The number of hydrogen-bond donors (Lipinski definition) is 0. The van der Waals surface area contributed by atoms with Crippen molar-refractivity contribution in [3.8, 4) is 0 Å². The highest BCUT2D eigenvalue weighted by atomic mass is 32.1. The number of thiazole rings is 1. The smallest absolute Gasteiger partial charge is 0.191 e. The number of hydrogen-bond acceptors (Lipinski definition) is 3. The molecule has 3 heteroatoms. The van der Waals surface area contributed by atoms with Gasteiger partial charge in [-0.2, -0.15) is 0 Å². The van der Waals surface area contributed by atoms with E-state index in [4.69, 9.17) is 0 Å². The van der Waals surface area contributed by atoms with Crippen LogP contribution in [-0.4, -0.2) is 10.8 Å². The second kappa shape index (κ2) is 3.62. The van der Waals surface area contributed by atoms with Gasteiger partial charge in [-0.15, -0.1) is 11.3 Å². The van der Waals surface area contributed by atoms with E-state index in [1.54, 1.807) is 0 Å². The summed E-state index contributed by atoms with van der Waals surface area (Å²) < 4.78 is 0. The number of carbonyl (C=O) groups is 1. The minimum Gasteiger partial charge on any atom is -0.292 e. The van der Waals surface area contributed by atoms with E-state index in [-0.39, 0.29) is 5.78 Å². The quantitative estimate of drug-likeness (QED) is 0.650. The van der Waals surface area contributed by atoms with Crippen LogP contribution >= 0.6 is 11.3 Å². The van der Waals surface area contributed by atoms with Crippen molar-refractivity contribution in [1.29, 1.82) is 0 Å². The van der Waals surface area contributed by atoms with Gasteiger partial charge in [0.2, 0.25) is 0 Å². The Morgan fingerprint density at radius 2 is 2.45 bits per heavy atom. The molecule has 1 aromatic rings. The van der Waals surface area contributed by atoms with Crippen LogP contribution in [0.3, 0.4) is 0 Å². The minimum atomic E-state index is 0.172. The van der Waals surface area contributed by atoms with E-state index in [9.17, 15) is 4.79 Å². The molecule has 0 aromatic carbocycles. The van der Waals surface area contributed by atoms with Crippen LogP contribution in [0.2, 0.25) is 0 Å². The molecule has 0 aliphatic carbocycles. The van der Waals surface area contributed by atoms with E-state index in [2.05, 4.69) is 4.98 Å². The van der Waals surface area contributed by atoms with Gasteiger partial charge in [0.25, 0.3) is 0 Å².